The summed E-state index contributed by atoms with van der Waals surface area (Å²) >= 11 is 0. The first kappa shape index (κ1) is 23.3. The maximum Gasteiger partial charge on any atom is 0.120 e. The smallest absolute Gasteiger partial charge is 0.120 e. The largest absolute Gasteiger partial charge is 0.491 e. The fourth-order valence-corrected chi connectivity index (χ4v) is 4.42. The zero-order chi connectivity index (χ0) is 24.0. The average molecular weight is 449 g/mol. The highest BCUT2D eigenvalue weighted by Crippen LogP contribution is 2.38. The molecule has 3 nitrogen and oxygen atoms in total. The van der Waals surface area contributed by atoms with E-state index in [2.05, 4.69) is 78.1 Å². The highest BCUT2D eigenvalue weighted by atomic mass is 16.5. The number of ether oxygens (including phenoxy) is 1. The molecule has 0 amide bonds. The molecule has 4 aromatic rings. The normalized spacial score (nSPS) is 11.3. The van der Waals surface area contributed by atoms with Gasteiger partial charge in [-0.05, 0) is 55.7 Å². The highest BCUT2D eigenvalue weighted by molar-refractivity contribution is 6.02. The van der Waals surface area contributed by atoms with E-state index < -0.39 is 5.54 Å². The monoisotopic (exact) mass is 448 g/mol. The Kier molecular flexibility index (Phi) is 7.12. The lowest BCUT2D eigenvalue weighted by atomic mass is 9.77. The molecule has 0 aliphatic rings. The summed E-state index contributed by atoms with van der Waals surface area (Å²) < 4.78 is 5.93. The van der Waals surface area contributed by atoms with E-state index in [9.17, 15) is 0 Å². The van der Waals surface area contributed by atoms with Crippen LogP contribution in [0.15, 0.2) is 109 Å². The lowest BCUT2D eigenvalue weighted by Gasteiger charge is -2.38. The Balaban J connectivity index is 1.90. The van der Waals surface area contributed by atoms with E-state index in [-0.39, 0.29) is 6.10 Å². The van der Waals surface area contributed by atoms with Crippen molar-refractivity contribution < 1.29 is 4.74 Å². The molecule has 0 saturated carbocycles. The van der Waals surface area contributed by atoms with Gasteiger partial charge < -0.3 is 15.5 Å². The van der Waals surface area contributed by atoms with Gasteiger partial charge in [-0.15, -0.1) is 0 Å². The van der Waals surface area contributed by atoms with Crippen LogP contribution in [0.4, 0.5) is 5.69 Å². The molecule has 0 aromatic heterocycles. The van der Waals surface area contributed by atoms with Crippen LogP contribution in [-0.4, -0.2) is 11.8 Å². The van der Waals surface area contributed by atoms with Crippen molar-refractivity contribution in [2.75, 3.05) is 5.32 Å². The Morgan fingerprint density at radius 1 is 0.794 bits per heavy atom. The van der Waals surface area contributed by atoms with Crippen molar-refractivity contribution in [3.8, 4) is 5.75 Å². The minimum absolute atomic E-state index is 0.0727. The second kappa shape index (κ2) is 10.4. The van der Waals surface area contributed by atoms with Crippen molar-refractivity contribution in [3.63, 3.8) is 0 Å². The molecule has 4 rings (SSSR count). The number of hydrogen-bond acceptors (Lipinski definition) is 3. The van der Waals surface area contributed by atoms with Gasteiger partial charge in [-0.25, -0.2) is 0 Å². The number of benzene rings is 4. The van der Waals surface area contributed by atoms with E-state index >= 15 is 0 Å². The van der Waals surface area contributed by atoms with Gasteiger partial charge in [0.1, 0.15) is 5.75 Å². The van der Waals surface area contributed by atoms with Crippen molar-refractivity contribution in [1.29, 1.82) is 5.41 Å². The van der Waals surface area contributed by atoms with Crippen LogP contribution in [0.25, 0.3) is 0 Å². The Morgan fingerprint density at radius 3 is 1.82 bits per heavy atom. The van der Waals surface area contributed by atoms with Gasteiger partial charge in [0.25, 0.3) is 0 Å². The number of rotatable bonds is 9. The van der Waals surface area contributed by atoms with E-state index in [1.165, 1.54) is 16.7 Å². The Morgan fingerprint density at radius 2 is 1.32 bits per heavy atom. The summed E-state index contributed by atoms with van der Waals surface area (Å²) in [6.45, 7) is 5.85. The van der Waals surface area contributed by atoms with Gasteiger partial charge in [0, 0.05) is 23.4 Å². The second-order valence-corrected chi connectivity index (χ2v) is 8.92. The van der Waals surface area contributed by atoms with Crippen LogP contribution in [0.1, 0.15) is 43.0 Å². The van der Waals surface area contributed by atoms with Crippen molar-refractivity contribution in [2.45, 2.75) is 38.8 Å². The molecule has 34 heavy (non-hydrogen) atoms. The summed E-state index contributed by atoms with van der Waals surface area (Å²) in [5.74, 6) is 0.773. The average Bonchev–Trinajstić information content (AvgIpc) is 2.85. The summed E-state index contributed by atoms with van der Waals surface area (Å²) in [5.41, 5.74) is 5.27. The molecule has 2 N–H and O–H groups in total. The topological polar surface area (TPSA) is 45.1 Å². The van der Waals surface area contributed by atoms with Crippen molar-refractivity contribution >= 4 is 11.4 Å². The van der Waals surface area contributed by atoms with E-state index in [0.29, 0.717) is 5.71 Å². The number of nitrogens with one attached hydrogen (secondary N) is 2. The zero-order valence-corrected chi connectivity index (χ0v) is 20.1. The lowest BCUT2D eigenvalue weighted by Crippen LogP contribution is -2.39. The minimum Gasteiger partial charge on any atom is -0.491 e. The third-order valence-electron chi connectivity index (χ3n) is 5.96. The van der Waals surface area contributed by atoms with Crippen LogP contribution in [0.3, 0.4) is 0 Å². The fraction of sp³-hybridized carbons (Fsp3) is 0.194. The fourth-order valence-electron chi connectivity index (χ4n) is 4.42. The van der Waals surface area contributed by atoms with Crippen LogP contribution in [0.5, 0.6) is 5.75 Å². The van der Waals surface area contributed by atoms with E-state index in [4.69, 9.17) is 10.1 Å². The number of anilines is 1. The maximum absolute atomic E-state index is 8.50. The van der Waals surface area contributed by atoms with Crippen LogP contribution < -0.4 is 10.1 Å². The summed E-state index contributed by atoms with van der Waals surface area (Å²) in [5, 5.41) is 12.4. The van der Waals surface area contributed by atoms with E-state index in [1.54, 1.807) is 0 Å². The van der Waals surface area contributed by atoms with Gasteiger partial charge >= 0.3 is 0 Å². The van der Waals surface area contributed by atoms with Gasteiger partial charge in [0.05, 0.1) is 11.6 Å². The van der Waals surface area contributed by atoms with Crippen LogP contribution in [0.2, 0.25) is 0 Å². The third-order valence-corrected chi connectivity index (χ3v) is 5.96. The quantitative estimate of drug-likeness (QED) is 0.261. The second-order valence-electron chi connectivity index (χ2n) is 8.92. The van der Waals surface area contributed by atoms with Gasteiger partial charge in [-0.1, -0.05) is 91.0 Å². The molecule has 3 heteroatoms. The summed E-state index contributed by atoms with van der Waals surface area (Å²) in [6.07, 6.45) is 0.825. The molecule has 0 heterocycles. The molecule has 172 valence electrons. The first-order chi connectivity index (χ1) is 16.5. The lowest BCUT2D eigenvalue weighted by molar-refractivity contribution is 0.242. The summed E-state index contributed by atoms with van der Waals surface area (Å²) in [4.78, 5) is 0. The van der Waals surface area contributed by atoms with Gasteiger partial charge in [-0.3, -0.25) is 0 Å². The van der Waals surface area contributed by atoms with Crippen LogP contribution >= 0.6 is 0 Å². The molecule has 4 aromatic carbocycles. The third kappa shape index (κ3) is 5.20. The van der Waals surface area contributed by atoms with Gasteiger partial charge in [0.2, 0.25) is 0 Å². The van der Waals surface area contributed by atoms with Crippen molar-refractivity contribution in [1.82, 2.24) is 0 Å². The standard InChI is InChI=1S/C31H32N2O/c1-23(2)34-28-19-20-30(29(21-28)24(3)32)33-31(26-15-9-5-10-16-26,27-17-11-6-12-18-27)22-25-13-7-4-8-14-25/h4-21,23,32-33H,22H2,1-3H3. The Hall–Kier alpha value is -3.85. The first-order valence-electron chi connectivity index (χ1n) is 11.8. The SMILES string of the molecule is CC(=N)c1cc(OC(C)C)ccc1NC(Cc1ccccc1)(c1ccccc1)c1ccccc1. The van der Waals surface area contributed by atoms with Crippen LogP contribution in [0, 0.1) is 5.41 Å². The van der Waals surface area contributed by atoms with E-state index in [0.717, 1.165) is 23.4 Å². The van der Waals surface area contributed by atoms with Crippen molar-refractivity contribution in [2.24, 2.45) is 0 Å². The molecular formula is C31H32N2O. The molecule has 0 fully saturated rings. The van der Waals surface area contributed by atoms with Crippen LogP contribution in [-0.2, 0) is 12.0 Å². The molecular weight excluding hydrogens is 416 g/mol. The van der Waals surface area contributed by atoms with Crippen molar-refractivity contribution in [3.05, 3.63) is 131 Å². The number of hydrogen-bond donors (Lipinski definition) is 2. The summed E-state index contributed by atoms with van der Waals surface area (Å²) in [6, 6.07) is 37.7. The molecule has 0 saturated heterocycles. The predicted molar refractivity (Wildman–Crippen MR) is 142 cm³/mol. The molecule has 0 spiro atoms. The maximum atomic E-state index is 8.50. The summed E-state index contributed by atoms with van der Waals surface area (Å²) in [7, 11) is 0. The zero-order valence-electron chi connectivity index (χ0n) is 20.1. The van der Waals surface area contributed by atoms with E-state index in [1.807, 2.05) is 57.2 Å². The molecule has 0 bridgehead atoms. The predicted octanol–water partition coefficient (Wildman–Crippen LogP) is 7.46. The Bertz CT molecular complexity index is 1180. The molecule has 0 radical (unpaired) electrons. The first-order valence-corrected chi connectivity index (χ1v) is 11.8. The minimum atomic E-state index is -0.533. The van der Waals surface area contributed by atoms with Gasteiger partial charge in [0.15, 0.2) is 0 Å². The molecule has 0 aliphatic heterocycles. The Labute approximate surface area is 203 Å². The highest BCUT2D eigenvalue weighted by Gasteiger charge is 2.35. The molecule has 0 unspecified atom stereocenters. The molecule has 0 atom stereocenters. The molecule has 0 aliphatic carbocycles. The van der Waals surface area contributed by atoms with Gasteiger partial charge in [-0.2, -0.15) is 0 Å².